The van der Waals surface area contributed by atoms with Crippen molar-refractivity contribution in [2.75, 3.05) is 6.54 Å². The third-order valence-electron chi connectivity index (χ3n) is 2.72. The molecule has 120 valence electrons. The molecule has 8 nitrogen and oxygen atoms in total. The summed E-state index contributed by atoms with van der Waals surface area (Å²) in [5, 5.41) is 24.6. The molecule has 1 aromatic heterocycles. The monoisotopic (exact) mass is 319 g/mol. The van der Waals surface area contributed by atoms with E-state index >= 15 is 0 Å². The lowest BCUT2D eigenvalue weighted by molar-refractivity contribution is 0.0686. The van der Waals surface area contributed by atoms with Crippen LogP contribution in [0.15, 0.2) is 4.90 Å². The third-order valence-corrected chi connectivity index (χ3v) is 4.30. The quantitative estimate of drug-likeness (QED) is 0.603. The molecular weight excluding hydrogens is 298 g/mol. The van der Waals surface area contributed by atoms with Crippen molar-refractivity contribution in [1.82, 2.24) is 14.9 Å². The highest BCUT2D eigenvalue weighted by Gasteiger charge is 2.29. The largest absolute Gasteiger partial charge is 0.476 e. The number of aromatic amines is 1. The second-order valence-electron chi connectivity index (χ2n) is 6.10. The zero-order valence-corrected chi connectivity index (χ0v) is 13.3. The number of aryl methyl sites for hydroxylation is 1. The number of carbonyl (C=O) groups is 1. The van der Waals surface area contributed by atoms with E-state index in [1.165, 1.54) is 6.92 Å². The molecule has 0 aromatic carbocycles. The number of aromatic carboxylic acids is 1. The lowest BCUT2D eigenvalue weighted by atomic mass is 9.89. The van der Waals surface area contributed by atoms with Gasteiger partial charge in [0.25, 0.3) is 0 Å². The maximum atomic E-state index is 12.2. The molecule has 0 aliphatic heterocycles. The van der Waals surface area contributed by atoms with E-state index < -0.39 is 32.7 Å². The van der Waals surface area contributed by atoms with Gasteiger partial charge in [-0.25, -0.2) is 17.9 Å². The minimum atomic E-state index is -4.06. The highest BCUT2D eigenvalue weighted by atomic mass is 32.2. The number of aliphatic hydroxyl groups is 1. The SMILES string of the molecule is Cc1[nH]nc(C(=O)O)c1S(=O)(=O)NCC(O)CC(C)(C)C. The number of H-pyrrole nitrogens is 1. The van der Waals surface area contributed by atoms with Gasteiger partial charge in [-0.15, -0.1) is 0 Å². The predicted octanol–water partition coefficient (Wildman–Crippen LogP) is 0.492. The van der Waals surface area contributed by atoms with Crippen LogP contribution >= 0.6 is 0 Å². The number of hydrogen-bond donors (Lipinski definition) is 4. The fraction of sp³-hybridized carbons (Fsp3) is 0.667. The van der Waals surface area contributed by atoms with Crippen LogP contribution < -0.4 is 4.72 Å². The molecule has 0 aliphatic carbocycles. The van der Waals surface area contributed by atoms with Crippen LogP contribution in [0.2, 0.25) is 0 Å². The van der Waals surface area contributed by atoms with Crippen LogP contribution in [0.1, 0.15) is 43.4 Å². The third kappa shape index (κ3) is 4.80. The first-order valence-corrected chi connectivity index (χ1v) is 7.88. The van der Waals surface area contributed by atoms with E-state index in [-0.39, 0.29) is 17.7 Å². The van der Waals surface area contributed by atoms with Crippen LogP contribution in [-0.2, 0) is 10.0 Å². The van der Waals surface area contributed by atoms with Crippen molar-refractivity contribution in [1.29, 1.82) is 0 Å². The first-order valence-electron chi connectivity index (χ1n) is 6.40. The van der Waals surface area contributed by atoms with Crippen LogP contribution in [0, 0.1) is 12.3 Å². The molecule has 0 radical (unpaired) electrons. The molecule has 1 rings (SSSR count). The van der Waals surface area contributed by atoms with E-state index in [2.05, 4.69) is 14.9 Å². The highest BCUT2D eigenvalue weighted by Crippen LogP contribution is 2.21. The van der Waals surface area contributed by atoms with Gasteiger partial charge in [-0.1, -0.05) is 20.8 Å². The molecule has 0 fully saturated rings. The molecule has 4 N–H and O–H groups in total. The summed E-state index contributed by atoms with van der Waals surface area (Å²) >= 11 is 0. The molecular formula is C12H21N3O5S. The van der Waals surface area contributed by atoms with Gasteiger partial charge in [0.1, 0.15) is 4.90 Å². The maximum Gasteiger partial charge on any atom is 0.357 e. The van der Waals surface area contributed by atoms with Crippen molar-refractivity contribution in [2.45, 2.75) is 45.1 Å². The molecule has 1 aromatic rings. The van der Waals surface area contributed by atoms with E-state index in [0.717, 1.165) is 0 Å². The molecule has 0 spiro atoms. The molecule has 1 heterocycles. The molecule has 0 amide bonds. The Bertz CT molecular complexity index is 615. The second-order valence-corrected chi connectivity index (χ2v) is 7.81. The van der Waals surface area contributed by atoms with Crippen molar-refractivity contribution in [3.8, 4) is 0 Å². The molecule has 1 unspecified atom stereocenters. The molecule has 0 saturated carbocycles. The lowest BCUT2D eigenvalue weighted by Gasteiger charge is -2.22. The summed E-state index contributed by atoms with van der Waals surface area (Å²) in [6, 6.07) is 0. The number of rotatable bonds is 6. The van der Waals surface area contributed by atoms with Gasteiger partial charge in [-0.05, 0) is 18.8 Å². The lowest BCUT2D eigenvalue weighted by Crippen LogP contribution is -2.35. The Hall–Kier alpha value is -1.45. The Balaban J connectivity index is 2.89. The summed E-state index contributed by atoms with van der Waals surface area (Å²) in [5.74, 6) is -1.44. The summed E-state index contributed by atoms with van der Waals surface area (Å²) in [7, 11) is -4.06. The van der Waals surface area contributed by atoms with E-state index in [1.54, 1.807) is 0 Å². The van der Waals surface area contributed by atoms with E-state index in [4.69, 9.17) is 5.11 Å². The number of carboxylic acids is 1. The number of aliphatic hydroxyl groups excluding tert-OH is 1. The van der Waals surface area contributed by atoms with Gasteiger partial charge in [0.05, 0.1) is 11.8 Å². The van der Waals surface area contributed by atoms with Crippen LogP contribution in [-0.4, -0.2) is 47.4 Å². The van der Waals surface area contributed by atoms with Gasteiger partial charge >= 0.3 is 5.97 Å². The molecule has 9 heteroatoms. The van der Waals surface area contributed by atoms with Gasteiger partial charge in [0.2, 0.25) is 10.0 Å². The van der Waals surface area contributed by atoms with Crippen LogP contribution in [0.3, 0.4) is 0 Å². The van der Waals surface area contributed by atoms with Gasteiger partial charge in [-0.3, -0.25) is 5.10 Å². The van der Waals surface area contributed by atoms with Gasteiger partial charge < -0.3 is 10.2 Å². The summed E-state index contributed by atoms with van der Waals surface area (Å²) < 4.78 is 26.5. The van der Waals surface area contributed by atoms with Crippen molar-refractivity contribution >= 4 is 16.0 Å². The van der Waals surface area contributed by atoms with Crippen molar-refractivity contribution in [3.05, 3.63) is 11.4 Å². The summed E-state index contributed by atoms with van der Waals surface area (Å²) in [6.45, 7) is 7.00. The number of sulfonamides is 1. The number of nitrogens with one attached hydrogen (secondary N) is 2. The Morgan fingerprint density at radius 3 is 2.48 bits per heavy atom. The zero-order valence-electron chi connectivity index (χ0n) is 12.5. The second kappa shape index (κ2) is 6.12. The fourth-order valence-electron chi connectivity index (χ4n) is 1.95. The normalized spacial score (nSPS) is 14.1. The van der Waals surface area contributed by atoms with Crippen LogP contribution in [0.5, 0.6) is 0 Å². The van der Waals surface area contributed by atoms with Crippen LogP contribution in [0.25, 0.3) is 0 Å². The highest BCUT2D eigenvalue weighted by molar-refractivity contribution is 7.89. The van der Waals surface area contributed by atoms with Crippen LogP contribution in [0.4, 0.5) is 0 Å². The first kappa shape index (κ1) is 17.6. The minimum Gasteiger partial charge on any atom is -0.476 e. The summed E-state index contributed by atoms with van der Waals surface area (Å²) in [4.78, 5) is 10.6. The summed E-state index contributed by atoms with van der Waals surface area (Å²) in [5.41, 5.74) is -0.585. The molecule has 1 atom stereocenters. The topological polar surface area (TPSA) is 132 Å². The number of aromatic nitrogens is 2. The Labute approximate surface area is 123 Å². The minimum absolute atomic E-state index is 0.130. The molecule has 0 saturated heterocycles. The average molecular weight is 319 g/mol. The molecule has 0 bridgehead atoms. The number of carboxylic acid groups (broad SMARTS) is 1. The van der Waals surface area contributed by atoms with Gasteiger partial charge in [0.15, 0.2) is 5.69 Å². The number of hydrogen-bond acceptors (Lipinski definition) is 5. The average Bonchev–Trinajstić information content (AvgIpc) is 2.67. The molecule has 21 heavy (non-hydrogen) atoms. The smallest absolute Gasteiger partial charge is 0.357 e. The predicted molar refractivity (Wildman–Crippen MR) is 75.6 cm³/mol. The van der Waals surface area contributed by atoms with Gasteiger partial charge in [-0.2, -0.15) is 5.10 Å². The Kier molecular flexibility index (Phi) is 5.13. The molecule has 0 aliphatic rings. The van der Waals surface area contributed by atoms with E-state index in [1.807, 2.05) is 20.8 Å². The Morgan fingerprint density at radius 1 is 1.43 bits per heavy atom. The summed E-state index contributed by atoms with van der Waals surface area (Å²) in [6.07, 6.45) is -0.452. The Morgan fingerprint density at radius 2 is 2.00 bits per heavy atom. The van der Waals surface area contributed by atoms with E-state index in [0.29, 0.717) is 6.42 Å². The van der Waals surface area contributed by atoms with Gasteiger partial charge in [0, 0.05) is 6.54 Å². The van der Waals surface area contributed by atoms with E-state index in [9.17, 15) is 18.3 Å². The standard InChI is InChI=1S/C12H21N3O5S/c1-7-10(9(11(17)18)15-14-7)21(19,20)13-6-8(16)5-12(2,3)4/h8,13,16H,5-6H2,1-4H3,(H,14,15)(H,17,18). The number of nitrogens with zero attached hydrogens (tertiary/aromatic N) is 1. The zero-order chi connectivity index (χ0) is 16.4. The first-order chi connectivity index (χ1) is 9.44. The fourth-order valence-corrected chi connectivity index (χ4v) is 3.34. The van der Waals surface area contributed by atoms with Crippen molar-refractivity contribution < 1.29 is 23.4 Å². The van der Waals surface area contributed by atoms with Crippen molar-refractivity contribution in [2.24, 2.45) is 5.41 Å². The maximum absolute atomic E-state index is 12.2. The van der Waals surface area contributed by atoms with Crippen molar-refractivity contribution in [3.63, 3.8) is 0 Å².